The minimum absolute atomic E-state index is 0.641. The number of aryl methyl sites for hydroxylation is 1. The van der Waals surface area contributed by atoms with Gasteiger partial charge in [-0.2, -0.15) is 0 Å². The van der Waals surface area contributed by atoms with E-state index in [1.54, 1.807) is 0 Å². The highest BCUT2D eigenvalue weighted by Gasteiger charge is 2.31. The lowest BCUT2D eigenvalue weighted by Gasteiger charge is -2.43. The van der Waals surface area contributed by atoms with Gasteiger partial charge in [0.15, 0.2) is 0 Å². The molecule has 0 saturated heterocycles. The highest BCUT2D eigenvalue weighted by molar-refractivity contribution is 8.22. The summed E-state index contributed by atoms with van der Waals surface area (Å²) in [6, 6.07) is 7.54. The SMILES string of the molecule is CCCN(CC1CC1)S(O)(O)c1ccc(C)cc1. The first kappa shape index (κ1) is 13.9. The maximum atomic E-state index is 10.5. The van der Waals surface area contributed by atoms with Crippen LogP contribution in [-0.4, -0.2) is 26.5 Å². The van der Waals surface area contributed by atoms with Crippen LogP contribution in [0.25, 0.3) is 0 Å². The van der Waals surface area contributed by atoms with Crippen LogP contribution in [0, 0.1) is 12.8 Å². The fourth-order valence-electron chi connectivity index (χ4n) is 2.03. The number of benzene rings is 1. The quantitative estimate of drug-likeness (QED) is 0.815. The molecule has 0 unspecified atom stereocenters. The molecule has 0 spiro atoms. The standard InChI is InChI=1S/C14H23NO2S/c1-3-10-15(11-13-6-7-13)18(16,17)14-8-4-12(2)5-9-14/h4-5,8-9,13,16-17H,3,6-7,10-11H2,1-2H3. The molecule has 1 saturated carbocycles. The first-order valence-corrected chi connectivity index (χ1v) is 8.14. The monoisotopic (exact) mass is 269 g/mol. The average Bonchev–Trinajstić information content (AvgIpc) is 3.13. The molecule has 2 N–H and O–H groups in total. The third kappa shape index (κ3) is 3.26. The zero-order valence-corrected chi connectivity index (χ0v) is 12.0. The molecule has 0 bridgehead atoms. The van der Waals surface area contributed by atoms with Gasteiger partial charge in [0.25, 0.3) is 0 Å². The topological polar surface area (TPSA) is 43.7 Å². The first-order valence-electron chi connectivity index (χ1n) is 6.64. The van der Waals surface area contributed by atoms with Crippen LogP contribution >= 0.6 is 10.8 Å². The Labute approximate surface area is 111 Å². The minimum atomic E-state index is -2.80. The molecule has 0 amide bonds. The normalized spacial score (nSPS) is 17.2. The Morgan fingerprint density at radius 2 is 1.83 bits per heavy atom. The summed E-state index contributed by atoms with van der Waals surface area (Å²) < 4.78 is 22.9. The molecule has 0 atom stereocenters. The molecular weight excluding hydrogens is 246 g/mol. The van der Waals surface area contributed by atoms with Gasteiger partial charge in [-0.1, -0.05) is 24.6 Å². The van der Waals surface area contributed by atoms with E-state index in [9.17, 15) is 9.11 Å². The summed E-state index contributed by atoms with van der Waals surface area (Å²) >= 11 is 0. The van der Waals surface area contributed by atoms with Crippen LogP contribution in [0.15, 0.2) is 29.2 Å². The fourth-order valence-corrected chi connectivity index (χ4v) is 3.69. The molecule has 2 rings (SSSR count). The van der Waals surface area contributed by atoms with Crippen molar-refractivity contribution in [3.63, 3.8) is 0 Å². The summed E-state index contributed by atoms with van der Waals surface area (Å²) in [6.45, 7) is 5.63. The predicted octanol–water partition coefficient (Wildman–Crippen LogP) is 4.14. The number of nitrogens with zero attached hydrogens (tertiary/aromatic N) is 1. The summed E-state index contributed by atoms with van der Waals surface area (Å²) in [7, 11) is -2.80. The van der Waals surface area contributed by atoms with Gasteiger partial charge < -0.3 is 0 Å². The summed E-state index contributed by atoms with van der Waals surface area (Å²) in [5, 5.41) is 0. The maximum Gasteiger partial charge on any atom is 0.0752 e. The van der Waals surface area contributed by atoms with Crippen molar-refractivity contribution >= 4 is 10.8 Å². The molecule has 0 aromatic heterocycles. The van der Waals surface area contributed by atoms with Crippen LogP contribution in [0.5, 0.6) is 0 Å². The maximum absolute atomic E-state index is 10.5. The fraction of sp³-hybridized carbons (Fsp3) is 0.571. The van der Waals surface area contributed by atoms with Crippen molar-refractivity contribution in [2.45, 2.75) is 38.0 Å². The molecule has 4 heteroatoms. The van der Waals surface area contributed by atoms with Gasteiger partial charge in [0.05, 0.1) is 4.90 Å². The van der Waals surface area contributed by atoms with E-state index in [0.717, 1.165) is 25.1 Å². The molecule has 0 aliphatic heterocycles. The van der Waals surface area contributed by atoms with Gasteiger partial charge >= 0.3 is 0 Å². The van der Waals surface area contributed by atoms with Crippen LogP contribution in [0.3, 0.4) is 0 Å². The van der Waals surface area contributed by atoms with Crippen molar-refractivity contribution in [3.05, 3.63) is 29.8 Å². The van der Waals surface area contributed by atoms with E-state index >= 15 is 0 Å². The second kappa shape index (κ2) is 5.61. The molecule has 0 heterocycles. The Morgan fingerprint density at radius 1 is 1.22 bits per heavy atom. The summed E-state index contributed by atoms with van der Waals surface area (Å²) in [5.41, 5.74) is 1.14. The largest absolute Gasteiger partial charge is 0.281 e. The number of hydrogen-bond acceptors (Lipinski definition) is 3. The second-order valence-corrected chi connectivity index (χ2v) is 7.19. The van der Waals surface area contributed by atoms with Crippen molar-refractivity contribution in [2.75, 3.05) is 13.1 Å². The minimum Gasteiger partial charge on any atom is -0.281 e. The summed E-state index contributed by atoms with van der Waals surface area (Å²) in [5.74, 6) is 0.660. The highest BCUT2D eigenvalue weighted by Crippen LogP contribution is 2.52. The first-order chi connectivity index (χ1) is 8.54. The molecule has 102 valence electrons. The van der Waals surface area contributed by atoms with E-state index in [1.165, 1.54) is 12.8 Å². The van der Waals surface area contributed by atoms with E-state index in [1.807, 2.05) is 35.5 Å². The Morgan fingerprint density at radius 3 is 2.33 bits per heavy atom. The molecule has 0 radical (unpaired) electrons. The van der Waals surface area contributed by atoms with E-state index in [0.29, 0.717) is 10.8 Å². The molecule has 1 aromatic rings. The second-order valence-electron chi connectivity index (χ2n) is 5.16. The van der Waals surface area contributed by atoms with Gasteiger partial charge in [0, 0.05) is 13.1 Å². The zero-order valence-electron chi connectivity index (χ0n) is 11.2. The Hall–Kier alpha value is -0.550. The lowest BCUT2D eigenvalue weighted by Crippen LogP contribution is -2.30. The molecule has 1 fully saturated rings. The van der Waals surface area contributed by atoms with Crippen molar-refractivity contribution in [2.24, 2.45) is 5.92 Å². The van der Waals surface area contributed by atoms with Crippen LogP contribution < -0.4 is 0 Å². The van der Waals surface area contributed by atoms with Gasteiger partial charge in [-0.15, -0.1) is 10.8 Å². The Balaban J connectivity index is 2.16. The van der Waals surface area contributed by atoms with Crippen LogP contribution in [-0.2, 0) is 0 Å². The van der Waals surface area contributed by atoms with Crippen molar-refractivity contribution in [1.82, 2.24) is 4.31 Å². The lowest BCUT2D eigenvalue weighted by molar-refractivity contribution is 0.337. The number of hydrogen-bond donors (Lipinski definition) is 2. The highest BCUT2D eigenvalue weighted by atomic mass is 32.3. The van der Waals surface area contributed by atoms with Crippen LogP contribution in [0.4, 0.5) is 0 Å². The molecular formula is C14H23NO2S. The average molecular weight is 269 g/mol. The Bertz CT molecular complexity index is 387. The van der Waals surface area contributed by atoms with Crippen molar-refractivity contribution < 1.29 is 9.11 Å². The zero-order chi connectivity index (χ0) is 13.2. The Kier molecular flexibility index (Phi) is 4.33. The van der Waals surface area contributed by atoms with E-state index in [4.69, 9.17) is 0 Å². The summed E-state index contributed by atoms with van der Waals surface area (Å²) in [6.07, 6.45) is 3.39. The van der Waals surface area contributed by atoms with Gasteiger partial charge in [-0.05, 0) is 44.2 Å². The van der Waals surface area contributed by atoms with Gasteiger partial charge in [-0.25, -0.2) is 4.31 Å². The van der Waals surface area contributed by atoms with Crippen molar-refractivity contribution in [3.8, 4) is 0 Å². The van der Waals surface area contributed by atoms with Gasteiger partial charge in [0.1, 0.15) is 0 Å². The molecule has 18 heavy (non-hydrogen) atoms. The molecule has 1 aromatic carbocycles. The summed E-state index contributed by atoms with van der Waals surface area (Å²) in [4.78, 5) is 0.641. The van der Waals surface area contributed by atoms with E-state index < -0.39 is 10.8 Å². The number of rotatable bonds is 6. The van der Waals surface area contributed by atoms with E-state index in [-0.39, 0.29) is 0 Å². The van der Waals surface area contributed by atoms with Crippen LogP contribution in [0.1, 0.15) is 31.7 Å². The molecule has 1 aliphatic rings. The smallest absolute Gasteiger partial charge is 0.0752 e. The van der Waals surface area contributed by atoms with E-state index in [2.05, 4.69) is 6.92 Å². The van der Waals surface area contributed by atoms with Gasteiger partial charge in [0.2, 0.25) is 0 Å². The molecule has 3 nitrogen and oxygen atoms in total. The third-order valence-corrected chi connectivity index (χ3v) is 5.29. The lowest BCUT2D eigenvalue weighted by atomic mass is 10.2. The third-order valence-electron chi connectivity index (χ3n) is 3.33. The van der Waals surface area contributed by atoms with Crippen LogP contribution in [0.2, 0.25) is 0 Å². The van der Waals surface area contributed by atoms with Crippen molar-refractivity contribution in [1.29, 1.82) is 0 Å². The predicted molar refractivity (Wildman–Crippen MR) is 76.9 cm³/mol. The molecule has 1 aliphatic carbocycles. The van der Waals surface area contributed by atoms with Gasteiger partial charge in [-0.3, -0.25) is 9.11 Å².